The van der Waals surface area contributed by atoms with Gasteiger partial charge in [0.2, 0.25) is 11.8 Å². The summed E-state index contributed by atoms with van der Waals surface area (Å²) in [4.78, 5) is 20.3. The highest BCUT2D eigenvalue weighted by Gasteiger charge is 2.39. The second-order valence-corrected chi connectivity index (χ2v) is 7.71. The molecule has 0 bridgehead atoms. The second-order valence-electron chi connectivity index (χ2n) is 7.71. The maximum absolute atomic E-state index is 13.7. The first-order valence-electron chi connectivity index (χ1n) is 10.0. The zero-order chi connectivity index (χ0) is 18.9. The maximum atomic E-state index is 13.7. The molecule has 142 valence electrons. The van der Waals surface area contributed by atoms with E-state index in [1.165, 1.54) is 0 Å². The maximum Gasteiger partial charge on any atom is 0.249 e. The van der Waals surface area contributed by atoms with Crippen LogP contribution in [0.3, 0.4) is 0 Å². The van der Waals surface area contributed by atoms with Crippen LogP contribution < -0.4 is 0 Å². The van der Waals surface area contributed by atoms with Crippen molar-refractivity contribution in [3.8, 4) is 0 Å². The summed E-state index contributed by atoms with van der Waals surface area (Å²) in [6.07, 6.45) is 4.09. The molecular weight excluding hydrogens is 350 g/mol. The molecule has 0 radical (unpaired) electrons. The summed E-state index contributed by atoms with van der Waals surface area (Å²) in [5, 5.41) is 4.15. The van der Waals surface area contributed by atoms with Gasteiger partial charge in [0, 0.05) is 12.5 Å². The van der Waals surface area contributed by atoms with Crippen molar-refractivity contribution in [1.82, 2.24) is 15.0 Å². The molecule has 2 aromatic carbocycles. The van der Waals surface area contributed by atoms with E-state index in [2.05, 4.69) is 10.1 Å². The fourth-order valence-corrected chi connectivity index (χ4v) is 4.11. The SMILES string of the molecule is O=C(C(c1ccccc1)c1ccccc1)N1CCCC1c1nc(C2CC2)no1. The Morgan fingerprint density at radius 1 is 0.964 bits per heavy atom. The molecule has 2 aliphatic rings. The van der Waals surface area contributed by atoms with Crippen LogP contribution in [-0.4, -0.2) is 27.5 Å². The Morgan fingerprint density at radius 2 is 1.61 bits per heavy atom. The average molecular weight is 373 g/mol. The molecule has 1 aromatic heterocycles. The molecule has 28 heavy (non-hydrogen) atoms. The summed E-state index contributed by atoms with van der Waals surface area (Å²) in [5.74, 6) is 1.62. The fourth-order valence-electron chi connectivity index (χ4n) is 4.11. The highest BCUT2D eigenvalue weighted by atomic mass is 16.5. The Morgan fingerprint density at radius 3 is 2.21 bits per heavy atom. The van der Waals surface area contributed by atoms with E-state index in [-0.39, 0.29) is 17.9 Å². The molecule has 1 saturated heterocycles. The third kappa shape index (κ3) is 3.21. The van der Waals surface area contributed by atoms with Gasteiger partial charge in [-0.3, -0.25) is 4.79 Å². The van der Waals surface area contributed by atoms with Crippen LogP contribution in [0.2, 0.25) is 0 Å². The van der Waals surface area contributed by atoms with Crippen molar-refractivity contribution in [2.45, 2.75) is 43.6 Å². The van der Waals surface area contributed by atoms with E-state index in [1.54, 1.807) is 0 Å². The molecule has 1 aliphatic carbocycles. The van der Waals surface area contributed by atoms with Crippen LogP contribution in [0, 0.1) is 0 Å². The lowest BCUT2D eigenvalue weighted by Crippen LogP contribution is -2.35. The zero-order valence-corrected chi connectivity index (χ0v) is 15.7. The van der Waals surface area contributed by atoms with Crippen molar-refractivity contribution in [2.75, 3.05) is 6.54 Å². The summed E-state index contributed by atoms with van der Waals surface area (Å²) in [5.41, 5.74) is 2.02. The summed E-state index contributed by atoms with van der Waals surface area (Å²) < 4.78 is 5.57. The van der Waals surface area contributed by atoms with Gasteiger partial charge in [0.15, 0.2) is 5.82 Å². The smallest absolute Gasteiger partial charge is 0.249 e. The van der Waals surface area contributed by atoms with E-state index in [9.17, 15) is 4.79 Å². The molecule has 5 rings (SSSR count). The predicted molar refractivity (Wildman–Crippen MR) is 105 cm³/mol. The number of nitrogens with zero attached hydrogens (tertiary/aromatic N) is 3. The molecule has 1 atom stereocenters. The third-order valence-corrected chi connectivity index (χ3v) is 5.73. The van der Waals surface area contributed by atoms with Crippen LogP contribution in [0.4, 0.5) is 0 Å². The van der Waals surface area contributed by atoms with E-state index in [1.807, 2.05) is 65.6 Å². The lowest BCUT2D eigenvalue weighted by atomic mass is 9.90. The standard InChI is InChI=1S/C23H23N3O2/c27-23(20(16-8-3-1-4-9-16)17-10-5-2-6-11-17)26-15-7-12-19(26)22-24-21(25-28-22)18-13-14-18/h1-6,8-11,18-20H,7,12-15H2. The van der Waals surface area contributed by atoms with Crippen LogP contribution in [0.15, 0.2) is 65.2 Å². The first kappa shape index (κ1) is 17.2. The molecule has 1 amide bonds. The molecule has 2 heterocycles. The van der Waals surface area contributed by atoms with E-state index in [4.69, 9.17) is 4.52 Å². The number of amides is 1. The molecule has 5 nitrogen and oxygen atoms in total. The topological polar surface area (TPSA) is 59.2 Å². The third-order valence-electron chi connectivity index (χ3n) is 5.73. The van der Waals surface area contributed by atoms with Crippen LogP contribution in [-0.2, 0) is 4.79 Å². The Hall–Kier alpha value is -2.95. The molecule has 1 aliphatic heterocycles. The fraction of sp³-hybridized carbons (Fsp3) is 0.348. The van der Waals surface area contributed by atoms with Gasteiger partial charge in [0.05, 0.1) is 5.92 Å². The van der Waals surface area contributed by atoms with Crippen molar-refractivity contribution in [2.24, 2.45) is 0 Å². The van der Waals surface area contributed by atoms with Crippen LogP contribution in [0.25, 0.3) is 0 Å². The number of hydrogen-bond donors (Lipinski definition) is 0. The number of rotatable bonds is 5. The molecule has 0 spiro atoms. The molecular formula is C23H23N3O2. The molecule has 5 heteroatoms. The predicted octanol–water partition coefficient (Wildman–Crippen LogP) is 4.44. The number of aromatic nitrogens is 2. The van der Waals surface area contributed by atoms with Crippen molar-refractivity contribution < 1.29 is 9.32 Å². The van der Waals surface area contributed by atoms with Gasteiger partial charge in [-0.05, 0) is 36.8 Å². The van der Waals surface area contributed by atoms with Crippen LogP contribution >= 0.6 is 0 Å². The molecule has 0 N–H and O–H groups in total. The van der Waals surface area contributed by atoms with E-state index < -0.39 is 0 Å². The Balaban J connectivity index is 1.47. The lowest BCUT2D eigenvalue weighted by Gasteiger charge is -2.27. The average Bonchev–Trinajstić information content (AvgIpc) is 3.27. The lowest BCUT2D eigenvalue weighted by molar-refractivity contribution is -0.133. The molecule has 1 unspecified atom stereocenters. The van der Waals surface area contributed by atoms with Gasteiger partial charge in [-0.1, -0.05) is 65.8 Å². The number of likely N-dealkylation sites (tertiary alicyclic amines) is 1. The largest absolute Gasteiger partial charge is 0.337 e. The van der Waals surface area contributed by atoms with Gasteiger partial charge in [-0.25, -0.2) is 0 Å². The summed E-state index contributed by atoms with van der Waals surface area (Å²) >= 11 is 0. The van der Waals surface area contributed by atoms with Crippen molar-refractivity contribution in [3.05, 3.63) is 83.5 Å². The Bertz CT molecular complexity index is 911. The molecule has 1 saturated carbocycles. The van der Waals surface area contributed by atoms with E-state index >= 15 is 0 Å². The molecule has 3 aromatic rings. The van der Waals surface area contributed by atoms with Crippen molar-refractivity contribution in [3.63, 3.8) is 0 Å². The summed E-state index contributed by atoms with van der Waals surface area (Å²) in [6.45, 7) is 0.723. The summed E-state index contributed by atoms with van der Waals surface area (Å²) in [7, 11) is 0. The van der Waals surface area contributed by atoms with Crippen LogP contribution in [0.5, 0.6) is 0 Å². The van der Waals surface area contributed by atoms with E-state index in [0.29, 0.717) is 11.8 Å². The normalized spacial score (nSPS) is 19.3. The second kappa shape index (κ2) is 7.23. The Labute approximate surface area is 164 Å². The van der Waals surface area contributed by atoms with Crippen molar-refractivity contribution >= 4 is 5.91 Å². The van der Waals surface area contributed by atoms with E-state index in [0.717, 1.165) is 49.2 Å². The summed E-state index contributed by atoms with van der Waals surface area (Å²) in [6, 6.07) is 19.9. The van der Waals surface area contributed by atoms with Gasteiger partial charge in [-0.2, -0.15) is 4.98 Å². The number of carbonyl (C=O) groups excluding carboxylic acids is 1. The minimum Gasteiger partial charge on any atom is -0.337 e. The first-order valence-corrected chi connectivity index (χ1v) is 10.0. The zero-order valence-electron chi connectivity index (χ0n) is 15.7. The monoisotopic (exact) mass is 373 g/mol. The van der Waals surface area contributed by atoms with Gasteiger partial charge in [-0.15, -0.1) is 0 Å². The molecule has 2 fully saturated rings. The minimum atomic E-state index is -0.325. The quantitative estimate of drug-likeness (QED) is 0.663. The minimum absolute atomic E-state index is 0.103. The van der Waals surface area contributed by atoms with Crippen LogP contribution in [0.1, 0.15) is 66.4 Å². The van der Waals surface area contributed by atoms with Gasteiger partial charge < -0.3 is 9.42 Å². The number of hydrogen-bond acceptors (Lipinski definition) is 4. The highest BCUT2D eigenvalue weighted by Crippen LogP contribution is 2.40. The van der Waals surface area contributed by atoms with Gasteiger partial charge >= 0.3 is 0 Å². The van der Waals surface area contributed by atoms with Crippen molar-refractivity contribution in [1.29, 1.82) is 0 Å². The van der Waals surface area contributed by atoms with Gasteiger partial charge in [0.25, 0.3) is 0 Å². The Kier molecular flexibility index (Phi) is 4.43. The van der Waals surface area contributed by atoms with Gasteiger partial charge in [0.1, 0.15) is 6.04 Å². The highest BCUT2D eigenvalue weighted by molar-refractivity contribution is 5.87. The number of benzene rings is 2. The first-order chi connectivity index (χ1) is 13.8. The number of carbonyl (C=O) groups is 1.